The van der Waals surface area contributed by atoms with Crippen molar-refractivity contribution in [2.24, 2.45) is 11.1 Å². The molecule has 0 saturated carbocycles. The van der Waals surface area contributed by atoms with Crippen LogP contribution in [-0.2, 0) is 14.2 Å². The van der Waals surface area contributed by atoms with Gasteiger partial charge in [0.25, 0.3) is 0 Å². The number of methoxy groups -OCH3 is 1. The molecule has 0 fully saturated rings. The van der Waals surface area contributed by atoms with Gasteiger partial charge in [-0.15, -0.1) is 0 Å². The largest absolute Gasteiger partial charge is 0.393 e. The molecule has 0 unspecified atom stereocenters. The number of thiocarbonyl (C=S) groups is 1. The lowest BCUT2D eigenvalue weighted by Gasteiger charge is -2.22. The Hall–Kier alpha value is -0.230. The smallest absolute Gasteiger partial charge is 0.0784 e. The summed E-state index contributed by atoms with van der Waals surface area (Å²) in [6.07, 6.45) is 2.85. The Morgan fingerprint density at radius 1 is 1.00 bits per heavy atom. The molecule has 0 bridgehead atoms. The minimum atomic E-state index is -0.0741. The fraction of sp³-hybridized carbons (Fsp3) is 0.923. The molecule has 0 radical (unpaired) electrons. The van der Waals surface area contributed by atoms with Crippen molar-refractivity contribution in [3.8, 4) is 0 Å². The average molecular weight is 277 g/mol. The van der Waals surface area contributed by atoms with Gasteiger partial charge in [-0.1, -0.05) is 26.1 Å². The highest BCUT2D eigenvalue weighted by molar-refractivity contribution is 7.80. The van der Waals surface area contributed by atoms with E-state index in [2.05, 4.69) is 13.8 Å². The molecule has 0 aliphatic rings. The Balaban J connectivity index is 3.24. The van der Waals surface area contributed by atoms with Crippen molar-refractivity contribution in [1.29, 1.82) is 0 Å². The summed E-state index contributed by atoms with van der Waals surface area (Å²) in [5.41, 5.74) is 5.58. The van der Waals surface area contributed by atoms with Gasteiger partial charge in [-0.25, -0.2) is 0 Å². The molecule has 0 rings (SSSR count). The maximum absolute atomic E-state index is 5.65. The molecular weight excluding hydrogens is 250 g/mol. The highest BCUT2D eigenvalue weighted by atomic mass is 32.1. The minimum Gasteiger partial charge on any atom is -0.393 e. The summed E-state index contributed by atoms with van der Waals surface area (Å²) in [5, 5.41) is 0. The first-order valence-corrected chi connectivity index (χ1v) is 6.86. The van der Waals surface area contributed by atoms with Gasteiger partial charge in [0, 0.05) is 32.3 Å². The molecule has 0 amide bonds. The second kappa shape index (κ2) is 10.7. The normalized spacial score (nSPS) is 11.7. The summed E-state index contributed by atoms with van der Waals surface area (Å²) in [5.74, 6) is 0. The van der Waals surface area contributed by atoms with Gasteiger partial charge in [0.2, 0.25) is 0 Å². The number of hydrogen-bond acceptors (Lipinski definition) is 4. The van der Waals surface area contributed by atoms with Crippen molar-refractivity contribution >= 4 is 17.2 Å². The standard InChI is InChI=1S/C13H27NO3S/c1-13(2,12(14)18)6-4-8-16-10-11-17-9-5-7-15-3/h4-11H2,1-3H3,(H2,14,18). The summed E-state index contributed by atoms with van der Waals surface area (Å²) < 4.78 is 15.8. The molecule has 0 aliphatic carbocycles. The van der Waals surface area contributed by atoms with E-state index in [0.29, 0.717) is 18.2 Å². The minimum absolute atomic E-state index is 0.0741. The third kappa shape index (κ3) is 9.76. The van der Waals surface area contributed by atoms with Crippen LogP contribution in [0.1, 0.15) is 33.1 Å². The van der Waals surface area contributed by atoms with E-state index in [-0.39, 0.29) is 5.41 Å². The number of rotatable bonds is 12. The SMILES string of the molecule is COCCCOCCOCCCC(C)(C)C(N)=S. The van der Waals surface area contributed by atoms with Gasteiger partial charge in [-0.05, 0) is 19.3 Å². The van der Waals surface area contributed by atoms with E-state index in [4.69, 9.17) is 32.2 Å². The van der Waals surface area contributed by atoms with E-state index in [1.807, 2.05) is 0 Å². The van der Waals surface area contributed by atoms with Gasteiger partial charge >= 0.3 is 0 Å². The number of hydrogen-bond donors (Lipinski definition) is 1. The maximum atomic E-state index is 5.65. The monoisotopic (exact) mass is 277 g/mol. The molecule has 0 atom stereocenters. The Morgan fingerprint density at radius 3 is 2.06 bits per heavy atom. The predicted octanol–water partition coefficient (Wildman–Crippen LogP) is 2.15. The molecule has 0 aromatic rings. The summed E-state index contributed by atoms with van der Waals surface area (Å²) >= 11 is 5.01. The first-order chi connectivity index (χ1) is 8.50. The van der Waals surface area contributed by atoms with Gasteiger partial charge in [-0.3, -0.25) is 0 Å². The summed E-state index contributed by atoms with van der Waals surface area (Å²) in [6.45, 7) is 7.61. The van der Waals surface area contributed by atoms with Gasteiger partial charge in [0.1, 0.15) is 0 Å². The van der Waals surface area contributed by atoms with Crippen LogP contribution in [0.4, 0.5) is 0 Å². The quantitative estimate of drug-likeness (QED) is 0.437. The van der Waals surface area contributed by atoms with Crippen LogP contribution in [0.3, 0.4) is 0 Å². The molecule has 108 valence electrons. The molecule has 5 heteroatoms. The zero-order chi connectivity index (χ0) is 13.9. The molecule has 18 heavy (non-hydrogen) atoms. The second-order valence-electron chi connectivity index (χ2n) is 4.92. The summed E-state index contributed by atoms with van der Waals surface area (Å²) in [7, 11) is 1.69. The molecular formula is C13H27NO3S. The third-order valence-corrected chi connectivity index (χ3v) is 3.32. The van der Waals surface area contributed by atoms with E-state index in [1.165, 1.54) is 0 Å². The van der Waals surface area contributed by atoms with Crippen LogP contribution >= 0.6 is 12.2 Å². The molecule has 4 nitrogen and oxygen atoms in total. The highest BCUT2D eigenvalue weighted by Gasteiger charge is 2.20. The predicted molar refractivity (Wildman–Crippen MR) is 77.9 cm³/mol. The molecule has 0 aromatic carbocycles. The first kappa shape index (κ1) is 17.8. The third-order valence-electron chi connectivity index (χ3n) is 2.77. The van der Waals surface area contributed by atoms with Gasteiger partial charge in [-0.2, -0.15) is 0 Å². The van der Waals surface area contributed by atoms with Crippen molar-refractivity contribution in [1.82, 2.24) is 0 Å². The van der Waals surface area contributed by atoms with E-state index < -0.39 is 0 Å². The van der Waals surface area contributed by atoms with Crippen molar-refractivity contribution in [3.63, 3.8) is 0 Å². The van der Waals surface area contributed by atoms with Gasteiger partial charge in [0.15, 0.2) is 0 Å². The van der Waals surface area contributed by atoms with Crippen LogP contribution in [-0.4, -0.2) is 45.1 Å². The van der Waals surface area contributed by atoms with Crippen molar-refractivity contribution < 1.29 is 14.2 Å². The van der Waals surface area contributed by atoms with Crippen LogP contribution in [0.5, 0.6) is 0 Å². The molecule has 0 saturated heterocycles. The van der Waals surface area contributed by atoms with Crippen LogP contribution in [0.25, 0.3) is 0 Å². The van der Waals surface area contributed by atoms with Crippen molar-refractivity contribution in [2.45, 2.75) is 33.1 Å². The molecule has 0 aromatic heterocycles. The van der Waals surface area contributed by atoms with E-state index >= 15 is 0 Å². The lowest BCUT2D eigenvalue weighted by molar-refractivity contribution is 0.0376. The number of nitrogens with two attached hydrogens (primary N) is 1. The highest BCUT2D eigenvalue weighted by Crippen LogP contribution is 2.22. The average Bonchev–Trinajstić information content (AvgIpc) is 2.31. The fourth-order valence-corrected chi connectivity index (χ4v) is 1.47. The maximum Gasteiger partial charge on any atom is 0.0784 e. The fourth-order valence-electron chi connectivity index (χ4n) is 1.37. The Bertz CT molecular complexity index is 222. The molecule has 0 spiro atoms. The zero-order valence-corrected chi connectivity index (χ0v) is 12.7. The zero-order valence-electron chi connectivity index (χ0n) is 11.9. The summed E-state index contributed by atoms with van der Waals surface area (Å²) in [4.78, 5) is 0.573. The number of ether oxygens (including phenoxy) is 3. The molecule has 0 heterocycles. The van der Waals surface area contributed by atoms with Crippen LogP contribution in [0, 0.1) is 5.41 Å². The van der Waals surface area contributed by atoms with Crippen LogP contribution in [0.2, 0.25) is 0 Å². The Kier molecular flexibility index (Phi) is 10.5. The van der Waals surface area contributed by atoms with Crippen LogP contribution in [0.15, 0.2) is 0 Å². The van der Waals surface area contributed by atoms with Crippen molar-refractivity contribution in [3.05, 3.63) is 0 Å². The van der Waals surface area contributed by atoms with Crippen molar-refractivity contribution in [2.75, 3.05) is 40.1 Å². The Morgan fingerprint density at radius 2 is 1.56 bits per heavy atom. The molecule has 0 aliphatic heterocycles. The Labute approximate surface area is 116 Å². The van der Waals surface area contributed by atoms with Gasteiger partial charge < -0.3 is 19.9 Å². The molecule has 2 N–H and O–H groups in total. The summed E-state index contributed by atoms with van der Waals surface area (Å²) in [6, 6.07) is 0. The van der Waals surface area contributed by atoms with E-state index in [1.54, 1.807) is 7.11 Å². The first-order valence-electron chi connectivity index (χ1n) is 6.45. The lowest BCUT2D eigenvalue weighted by atomic mass is 9.88. The second-order valence-corrected chi connectivity index (χ2v) is 5.36. The topological polar surface area (TPSA) is 53.7 Å². The van der Waals surface area contributed by atoms with Gasteiger partial charge in [0.05, 0.1) is 18.2 Å². The van der Waals surface area contributed by atoms with Crippen LogP contribution < -0.4 is 5.73 Å². The lowest BCUT2D eigenvalue weighted by Crippen LogP contribution is -2.29. The van der Waals surface area contributed by atoms with E-state index in [0.717, 1.165) is 39.1 Å². The van der Waals surface area contributed by atoms with E-state index in [9.17, 15) is 0 Å².